The number of hydrogen-bond acceptors (Lipinski definition) is 3. The van der Waals surface area contributed by atoms with E-state index in [0.717, 1.165) is 11.1 Å². The van der Waals surface area contributed by atoms with E-state index in [4.69, 9.17) is 0 Å². The van der Waals surface area contributed by atoms with Crippen LogP contribution in [0.1, 0.15) is 25.0 Å². The van der Waals surface area contributed by atoms with Crippen LogP contribution in [0.5, 0.6) is 0 Å². The molecule has 0 atom stereocenters. The van der Waals surface area contributed by atoms with Gasteiger partial charge in [0, 0.05) is 16.7 Å². The summed E-state index contributed by atoms with van der Waals surface area (Å²) in [4.78, 5) is 13.1. The first-order chi connectivity index (χ1) is 9.63. The highest BCUT2D eigenvalue weighted by Gasteiger charge is 2.04. The van der Waals surface area contributed by atoms with Gasteiger partial charge in [-0.1, -0.05) is 26.0 Å². The Labute approximate surface area is 128 Å². The van der Waals surface area contributed by atoms with Gasteiger partial charge in [-0.05, 0) is 40.1 Å². The third-order valence-electron chi connectivity index (χ3n) is 2.73. The largest absolute Gasteiger partial charge is 0.352 e. The standard InChI is InChI=1S/C16H19NOS2/c1-12(2)20-15-5-3-13(4-6-15)9-16(18)17-10-14-7-8-19-11-14/h3-8,11-12H,9-10H2,1-2H3,(H,17,18). The van der Waals surface area contributed by atoms with Gasteiger partial charge >= 0.3 is 0 Å². The molecule has 1 N–H and O–H groups in total. The van der Waals surface area contributed by atoms with Crippen molar-refractivity contribution in [3.8, 4) is 0 Å². The molecule has 1 heterocycles. The van der Waals surface area contributed by atoms with E-state index >= 15 is 0 Å². The zero-order chi connectivity index (χ0) is 14.4. The van der Waals surface area contributed by atoms with Gasteiger partial charge in [-0.2, -0.15) is 11.3 Å². The second kappa shape index (κ2) is 7.50. The van der Waals surface area contributed by atoms with Crippen molar-refractivity contribution >= 4 is 29.0 Å². The van der Waals surface area contributed by atoms with Crippen molar-refractivity contribution in [1.82, 2.24) is 5.32 Å². The summed E-state index contributed by atoms with van der Waals surface area (Å²) >= 11 is 3.48. The second-order valence-electron chi connectivity index (χ2n) is 4.90. The highest BCUT2D eigenvalue weighted by molar-refractivity contribution is 7.99. The molecule has 20 heavy (non-hydrogen) atoms. The lowest BCUT2D eigenvalue weighted by molar-refractivity contribution is -0.120. The molecule has 0 saturated carbocycles. The van der Waals surface area contributed by atoms with Gasteiger partial charge in [-0.15, -0.1) is 11.8 Å². The number of nitrogens with one attached hydrogen (secondary N) is 1. The highest BCUT2D eigenvalue weighted by Crippen LogP contribution is 2.22. The molecule has 2 rings (SSSR count). The molecule has 1 aromatic heterocycles. The minimum atomic E-state index is 0.0699. The molecule has 0 aliphatic carbocycles. The summed E-state index contributed by atoms with van der Waals surface area (Å²) in [5.74, 6) is 0.0699. The molecule has 0 aliphatic heterocycles. The Balaban J connectivity index is 1.81. The topological polar surface area (TPSA) is 29.1 Å². The Morgan fingerprint density at radius 1 is 1.20 bits per heavy atom. The highest BCUT2D eigenvalue weighted by atomic mass is 32.2. The van der Waals surface area contributed by atoms with Crippen molar-refractivity contribution in [2.24, 2.45) is 0 Å². The fourth-order valence-corrected chi connectivity index (χ4v) is 3.31. The molecule has 4 heteroatoms. The molecule has 0 bridgehead atoms. The number of rotatable bonds is 6. The Bertz CT molecular complexity index is 532. The Kier molecular flexibility index (Phi) is 5.68. The van der Waals surface area contributed by atoms with E-state index in [1.165, 1.54) is 4.90 Å². The normalized spacial score (nSPS) is 10.8. The zero-order valence-corrected chi connectivity index (χ0v) is 13.4. The minimum Gasteiger partial charge on any atom is -0.352 e. The van der Waals surface area contributed by atoms with Crippen molar-refractivity contribution in [2.75, 3.05) is 0 Å². The maximum absolute atomic E-state index is 11.9. The van der Waals surface area contributed by atoms with Crippen molar-refractivity contribution in [3.05, 3.63) is 52.2 Å². The molecule has 0 unspecified atom stereocenters. The molecular formula is C16H19NOS2. The van der Waals surface area contributed by atoms with E-state index in [-0.39, 0.29) is 5.91 Å². The van der Waals surface area contributed by atoms with Gasteiger partial charge in [0.1, 0.15) is 0 Å². The van der Waals surface area contributed by atoms with Gasteiger partial charge < -0.3 is 5.32 Å². The van der Waals surface area contributed by atoms with Gasteiger partial charge in [-0.3, -0.25) is 4.79 Å². The molecule has 0 saturated heterocycles. The predicted molar refractivity (Wildman–Crippen MR) is 87.3 cm³/mol. The number of thiophene rings is 1. The Morgan fingerprint density at radius 2 is 1.95 bits per heavy atom. The average Bonchev–Trinajstić information content (AvgIpc) is 2.91. The van der Waals surface area contributed by atoms with E-state index in [1.807, 2.05) is 35.3 Å². The predicted octanol–water partition coefficient (Wildman–Crippen LogP) is 4.11. The molecule has 0 spiro atoms. The summed E-state index contributed by atoms with van der Waals surface area (Å²) < 4.78 is 0. The summed E-state index contributed by atoms with van der Waals surface area (Å²) in [5, 5.41) is 7.60. The van der Waals surface area contributed by atoms with Crippen LogP contribution in [0.2, 0.25) is 0 Å². The fraction of sp³-hybridized carbons (Fsp3) is 0.312. The molecule has 2 aromatic rings. The van der Waals surface area contributed by atoms with Crippen molar-refractivity contribution in [3.63, 3.8) is 0 Å². The quantitative estimate of drug-likeness (QED) is 0.814. The number of amides is 1. The maximum Gasteiger partial charge on any atom is 0.224 e. The average molecular weight is 305 g/mol. The number of thioether (sulfide) groups is 1. The lowest BCUT2D eigenvalue weighted by Gasteiger charge is -2.07. The van der Waals surface area contributed by atoms with Crippen LogP contribution in [-0.4, -0.2) is 11.2 Å². The fourth-order valence-electron chi connectivity index (χ4n) is 1.80. The molecular weight excluding hydrogens is 286 g/mol. The minimum absolute atomic E-state index is 0.0699. The lowest BCUT2D eigenvalue weighted by Crippen LogP contribution is -2.24. The summed E-state index contributed by atoms with van der Waals surface area (Å²) in [6.07, 6.45) is 0.441. The van der Waals surface area contributed by atoms with Crippen LogP contribution < -0.4 is 5.32 Å². The van der Waals surface area contributed by atoms with E-state index in [0.29, 0.717) is 18.2 Å². The molecule has 0 fully saturated rings. The first-order valence-corrected chi connectivity index (χ1v) is 8.49. The molecule has 106 valence electrons. The Hall–Kier alpha value is -1.26. The first-order valence-electron chi connectivity index (χ1n) is 6.67. The SMILES string of the molecule is CC(C)Sc1ccc(CC(=O)NCc2ccsc2)cc1. The maximum atomic E-state index is 11.9. The summed E-state index contributed by atoms with van der Waals surface area (Å²) in [7, 11) is 0. The van der Waals surface area contributed by atoms with Gasteiger partial charge in [0.05, 0.1) is 6.42 Å². The third kappa shape index (κ3) is 5.02. The van der Waals surface area contributed by atoms with Gasteiger partial charge in [0.25, 0.3) is 0 Å². The second-order valence-corrected chi connectivity index (χ2v) is 7.33. The monoisotopic (exact) mass is 305 g/mol. The van der Waals surface area contributed by atoms with Crippen molar-refractivity contribution < 1.29 is 4.79 Å². The number of benzene rings is 1. The summed E-state index contributed by atoms with van der Waals surface area (Å²) in [5.41, 5.74) is 2.22. The van der Waals surface area contributed by atoms with Crippen LogP contribution in [-0.2, 0) is 17.8 Å². The van der Waals surface area contributed by atoms with Crippen molar-refractivity contribution in [1.29, 1.82) is 0 Å². The van der Waals surface area contributed by atoms with Gasteiger partial charge in [0.2, 0.25) is 5.91 Å². The number of carbonyl (C=O) groups excluding carboxylic acids is 1. The first kappa shape index (κ1) is 15.1. The van der Waals surface area contributed by atoms with Crippen LogP contribution in [0, 0.1) is 0 Å². The van der Waals surface area contributed by atoms with E-state index in [1.54, 1.807) is 11.3 Å². The summed E-state index contributed by atoms with van der Waals surface area (Å²) in [6, 6.07) is 10.3. The van der Waals surface area contributed by atoms with E-state index in [2.05, 4.69) is 36.7 Å². The van der Waals surface area contributed by atoms with Crippen LogP contribution in [0.25, 0.3) is 0 Å². The molecule has 2 nitrogen and oxygen atoms in total. The number of carbonyl (C=O) groups is 1. The van der Waals surface area contributed by atoms with Crippen LogP contribution in [0.15, 0.2) is 46.0 Å². The molecule has 1 amide bonds. The van der Waals surface area contributed by atoms with E-state index < -0.39 is 0 Å². The summed E-state index contributed by atoms with van der Waals surface area (Å²) in [6.45, 7) is 4.97. The zero-order valence-electron chi connectivity index (χ0n) is 11.8. The van der Waals surface area contributed by atoms with Crippen molar-refractivity contribution in [2.45, 2.75) is 37.0 Å². The van der Waals surface area contributed by atoms with E-state index in [9.17, 15) is 4.79 Å². The lowest BCUT2D eigenvalue weighted by atomic mass is 10.1. The van der Waals surface area contributed by atoms with Gasteiger partial charge in [-0.25, -0.2) is 0 Å². The van der Waals surface area contributed by atoms with Crippen LogP contribution in [0.4, 0.5) is 0 Å². The van der Waals surface area contributed by atoms with Gasteiger partial charge in [0.15, 0.2) is 0 Å². The molecule has 1 aromatic carbocycles. The van der Waals surface area contributed by atoms with Crippen LogP contribution >= 0.6 is 23.1 Å². The smallest absolute Gasteiger partial charge is 0.224 e. The number of hydrogen-bond donors (Lipinski definition) is 1. The Morgan fingerprint density at radius 3 is 2.55 bits per heavy atom. The van der Waals surface area contributed by atoms with Crippen LogP contribution in [0.3, 0.4) is 0 Å². The molecule has 0 aliphatic rings. The molecule has 0 radical (unpaired) electrons. The third-order valence-corrected chi connectivity index (χ3v) is 4.48.